The monoisotopic (exact) mass is 442 g/mol. The molecule has 23 heavy (non-hydrogen) atoms. The SMILES string of the molecule is CN(C)CCN(C)C[Si](C)(C)[CH](Cc1ccccc1)[Sn]([CH3])([CH3])[CH3]. The van der Waals surface area contributed by atoms with Gasteiger partial charge in [0.05, 0.1) is 0 Å². The van der Waals surface area contributed by atoms with Crippen molar-refractivity contribution in [2.75, 3.05) is 40.4 Å². The van der Waals surface area contributed by atoms with Gasteiger partial charge in [-0.3, -0.25) is 0 Å². The van der Waals surface area contributed by atoms with Crippen LogP contribution in [0.2, 0.25) is 31.5 Å². The average Bonchev–Trinajstić information content (AvgIpc) is 2.42. The fraction of sp³-hybridized carbons (Fsp3) is 0.684. The summed E-state index contributed by atoms with van der Waals surface area (Å²) in [6.07, 6.45) is 2.63. The predicted molar refractivity (Wildman–Crippen MR) is 111 cm³/mol. The van der Waals surface area contributed by atoms with E-state index < -0.39 is 26.5 Å². The second-order valence-corrected chi connectivity index (χ2v) is 31.3. The molecule has 2 nitrogen and oxygen atoms in total. The van der Waals surface area contributed by atoms with E-state index in [4.69, 9.17) is 0 Å². The molecule has 0 aromatic heterocycles. The van der Waals surface area contributed by atoms with E-state index in [0.717, 1.165) is 10.1 Å². The molecule has 4 heteroatoms. The summed E-state index contributed by atoms with van der Waals surface area (Å²) in [6, 6.07) is 11.2. The summed E-state index contributed by atoms with van der Waals surface area (Å²) < 4.78 is 0.987. The van der Waals surface area contributed by atoms with Crippen molar-refractivity contribution in [1.82, 2.24) is 9.80 Å². The Bertz CT molecular complexity index is 454. The summed E-state index contributed by atoms with van der Waals surface area (Å²) in [5, 5.41) is 0. The maximum atomic E-state index is 2.64. The predicted octanol–water partition coefficient (Wildman–Crippen LogP) is 4.22. The van der Waals surface area contributed by atoms with Gasteiger partial charge in [-0.1, -0.05) is 0 Å². The number of hydrogen-bond acceptors (Lipinski definition) is 2. The molecule has 0 saturated carbocycles. The molecule has 0 bridgehead atoms. The molecule has 1 unspecified atom stereocenters. The Morgan fingerprint density at radius 2 is 1.52 bits per heavy atom. The topological polar surface area (TPSA) is 6.48 Å². The molecule has 1 rings (SSSR count). The van der Waals surface area contributed by atoms with E-state index in [9.17, 15) is 0 Å². The normalized spacial score (nSPS) is 14.5. The number of likely N-dealkylation sites (N-methyl/N-ethyl adjacent to an activating group) is 2. The Kier molecular flexibility index (Phi) is 8.31. The minimum atomic E-state index is -1.98. The average molecular weight is 441 g/mol. The van der Waals surface area contributed by atoms with Gasteiger partial charge in [-0.2, -0.15) is 0 Å². The minimum absolute atomic E-state index is 0.987. The summed E-state index contributed by atoms with van der Waals surface area (Å²) >= 11 is -1.98. The Morgan fingerprint density at radius 3 is 2.00 bits per heavy atom. The standard InChI is InChI=1S/C16H29N2Si.3CH3.Sn/c1-17(2)12-13-18(3)15-19(4,5)14-11-16-9-7-6-8-10-16;;;;/h6-10,14H,11-13,15H2,1-5H3;3*1H3;. The summed E-state index contributed by atoms with van der Waals surface area (Å²) in [6.45, 7) is 7.61. The molecule has 0 N–H and O–H groups in total. The molecule has 0 aliphatic carbocycles. The fourth-order valence-electron chi connectivity index (χ4n) is 3.86. The summed E-state index contributed by atoms with van der Waals surface area (Å²) in [5.74, 6) is 0. The van der Waals surface area contributed by atoms with Crippen molar-refractivity contribution in [3.63, 3.8) is 0 Å². The van der Waals surface area contributed by atoms with E-state index in [1.165, 1.54) is 19.1 Å². The van der Waals surface area contributed by atoms with Gasteiger partial charge in [-0.25, -0.2) is 0 Å². The van der Waals surface area contributed by atoms with Crippen LogP contribution in [-0.4, -0.2) is 76.7 Å². The first-order valence-electron chi connectivity index (χ1n) is 8.89. The Hall–Kier alpha value is 0.156. The summed E-state index contributed by atoms with van der Waals surface area (Å²) in [4.78, 5) is 12.8. The van der Waals surface area contributed by atoms with Gasteiger partial charge in [0, 0.05) is 0 Å². The van der Waals surface area contributed by atoms with Crippen LogP contribution in [0.3, 0.4) is 0 Å². The van der Waals surface area contributed by atoms with Crippen LogP contribution in [0.1, 0.15) is 5.56 Å². The van der Waals surface area contributed by atoms with Crippen LogP contribution < -0.4 is 0 Å². The van der Waals surface area contributed by atoms with Crippen molar-refractivity contribution in [3.8, 4) is 0 Å². The van der Waals surface area contributed by atoms with Crippen molar-refractivity contribution in [3.05, 3.63) is 35.9 Å². The number of rotatable bonds is 9. The Labute approximate surface area is 150 Å². The van der Waals surface area contributed by atoms with Crippen LogP contribution in [0.15, 0.2) is 30.3 Å². The summed E-state index contributed by atoms with van der Waals surface area (Å²) in [7, 11) is 5.36. The van der Waals surface area contributed by atoms with Gasteiger partial charge in [0.2, 0.25) is 0 Å². The molecule has 0 aliphatic rings. The molecule has 0 amide bonds. The van der Waals surface area contributed by atoms with Crippen LogP contribution in [0.25, 0.3) is 0 Å². The maximum absolute atomic E-state index is 2.64. The van der Waals surface area contributed by atoms with E-state index in [1.54, 1.807) is 5.56 Å². The third-order valence-electron chi connectivity index (χ3n) is 4.88. The molecule has 1 aromatic carbocycles. The van der Waals surface area contributed by atoms with Gasteiger partial charge in [0.15, 0.2) is 0 Å². The van der Waals surface area contributed by atoms with E-state index in [2.05, 4.69) is 89.2 Å². The first-order chi connectivity index (χ1) is 10.5. The summed E-state index contributed by atoms with van der Waals surface area (Å²) in [5.41, 5.74) is 1.54. The van der Waals surface area contributed by atoms with Crippen molar-refractivity contribution >= 4 is 26.5 Å². The first-order valence-corrected chi connectivity index (χ1v) is 22.4. The Morgan fingerprint density at radius 1 is 0.957 bits per heavy atom. The Balaban J connectivity index is 2.83. The quantitative estimate of drug-likeness (QED) is 0.530. The zero-order chi connectivity index (χ0) is 17.7. The van der Waals surface area contributed by atoms with E-state index in [-0.39, 0.29) is 0 Å². The second kappa shape index (κ2) is 9.02. The van der Waals surface area contributed by atoms with E-state index in [0.29, 0.717) is 0 Å². The molecule has 132 valence electrons. The first kappa shape index (κ1) is 21.2. The van der Waals surface area contributed by atoms with Crippen LogP contribution in [-0.2, 0) is 6.42 Å². The molecule has 1 aromatic rings. The molecule has 0 spiro atoms. The van der Waals surface area contributed by atoms with Gasteiger partial charge >= 0.3 is 150 Å². The number of hydrogen-bond donors (Lipinski definition) is 0. The van der Waals surface area contributed by atoms with Crippen LogP contribution in [0.4, 0.5) is 0 Å². The van der Waals surface area contributed by atoms with Crippen molar-refractivity contribution < 1.29 is 0 Å². The molecule has 0 aliphatic heterocycles. The van der Waals surface area contributed by atoms with Crippen LogP contribution in [0, 0.1) is 0 Å². The van der Waals surface area contributed by atoms with Crippen molar-refractivity contribution in [2.45, 2.75) is 37.9 Å². The van der Waals surface area contributed by atoms with Gasteiger partial charge in [0.1, 0.15) is 0 Å². The van der Waals surface area contributed by atoms with Crippen LogP contribution >= 0.6 is 0 Å². The molecule has 1 atom stereocenters. The number of nitrogens with zero attached hydrogens (tertiary/aromatic N) is 2. The van der Waals surface area contributed by atoms with Crippen molar-refractivity contribution in [1.29, 1.82) is 0 Å². The van der Waals surface area contributed by atoms with Gasteiger partial charge in [-0.15, -0.1) is 0 Å². The van der Waals surface area contributed by atoms with Gasteiger partial charge < -0.3 is 0 Å². The molecular weight excluding hydrogens is 403 g/mol. The molecular formula is C19H38N2SiSn. The van der Waals surface area contributed by atoms with Crippen molar-refractivity contribution in [2.24, 2.45) is 0 Å². The second-order valence-electron chi connectivity index (χ2n) is 9.14. The van der Waals surface area contributed by atoms with E-state index in [1.807, 2.05) is 0 Å². The molecule has 0 saturated heterocycles. The molecule has 0 fully saturated rings. The fourth-order valence-corrected chi connectivity index (χ4v) is 32.0. The van der Waals surface area contributed by atoms with Crippen LogP contribution in [0.5, 0.6) is 0 Å². The third kappa shape index (κ3) is 7.72. The molecule has 0 heterocycles. The third-order valence-corrected chi connectivity index (χ3v) is 27.4. The van der Waals surface area contributed by atoms with Gasteiger partial charge in [-0.05, 0) is 0 Å². The van der Waals surface area contributed by atoms with Gasteiger partial charge in [0.25, 0.3) is 0 Å². The molecule has 0 radical (unpaired) electrons. The number of benzene rings is 1. The van der Waals surface area contributed by atoms with E-state index >= 15 is 0 Å². The zero-order valence-corrected chi connectivity index (χ0v) is 20.5. The zero-order valence-electron chi connectivity index (χ0n) is 16.7.